The van der Waals surface area contributed by atoms with E-state index in [4.69, 9.17) is 0 Å². The van der Waals surface area contributed by atoms with Crippen molar-refractivity contribution in [3.8, 4) is 11.8 Å². The summed E-state index contributed by atoms with van der Waals surface area (Å²) in [4.78, 5) is 34.8. The first kappa shape index (κ1) is 24.4. The zero-order chi connectivity index (χ0) is 26.3. The number of hydrogen-bond acceptors (Lipinski definition) is 4. The Morgan fingerprint density at radius 1 is 0.973 bits per heavy atom. The molecule has 0 bridgehead atoms. The van der Waals surface area contributed by atoms with Gasteiger partial charge in [0.1, 0.15) is 23.3 Å². The number of rotatable bonds is 2. The van der Waals surface area contributed by atoms with Crippen molar-refractivity contribution in [3.63, 3.8) is 0 Å². The number of aliphatic hydroxyl groups is 1. The summed E-state index contributed by atoms with van der Waals surface area (Å²) in [5.74, 6) is 3.49. The van der Waals surface area contributed by atoms with Gasteiger partial charge in [-0.15, -0.1) is 0 Å². The second kappa shape index (κ2) is 9.30. The number of carbonyl (C=O) groups is 2. The number of aromatic nitrogens is 1. The highest BCUT2D eigenvalue weighted by atomic mass is 19.1. The zero-order valence-corrected chi connectivity index (χ0v) is 20.3. The number of anilines is 2. The lowest BCUT2D eigenvalue weighted by atomic mass is 9.87. The van der Waals surface area contributed by atoms with Crippen LogP contribution in [0.2, 0.25) is 0 Å². The van der Waals surface area contributed by atoms with Gasteiger partial charge in [0.25, 0.3) is 5.91 Å². The van der Waals surface area contributed by atoms with Crippen molar-refractivity contribution in [1.29, 1.82) is 0 Å². The van der Waals surface area contributed by atoms with Gasteiger partial charge in [0, 0.05) is 36.3 Å². The van der Waals surface area contributed by atoms with Gasteiger partial charge in [-0.25, -0.2) is 18.6 Å². The van der Waals surface area contributed by atoms with Gasteiger partial charge in [-0.1, -0.05) is 36.1 Å². The number of aryl methyl sites for hydroxylation is 1. The molecule has 3 amide bonds. The Balaban J connectivity index is 1.44. The van der Waals surface area contributed by atoms with E-state index < -0.39 is 41.0 Å². The van der Waals surface area contributed by atoms with Gasteiger partial charge < -0.3 is 10.0 Å². The molecule has 3 aromatic rings. The van der Waals surface area contributed by atoms with E-state index in [0.717, 1.165) is 17.8 Å². The third-order valence-electron chi connectivity index (χ3n) is 6.70. The Morgan fingerprint density at radius 2 is 1.65 bits per heavy atom. The van der Waals surface area contributed by atoms with E-state index in [9.17, 15) is 14.7 Å². The molecule has 1 N–H and O–H groups in total. The Labute approximate surface area is 212 Å². The van der Waals surface area contributed by atoms with Crippen LogP contribution in [0, 0.1) is 30.4 Å². The number of nitrogens with zero attached hydrogens (tertiary/aromatic N) is 4. The molecule has 0 radical (unpaired) electrons. The SMILES string of the molecule is Cc1cccc(N2CCN3C(=O)N(c4c(F)cc(C#Cc5ccccc5)cc4F)C(O)CC3(C)C2=O)n1. The summed E-state index contributed by atoms with van der Waals surface area (Å²) in [6, 6.07) is 15.4. The van der Waals surface area contributed by atoms with Crippen molar-refractivity contribution in [2.45, 2.75) is 32.0 Å². The zero-order valence-electron chi connectivity index (χ0n) is 20.3. The molecular weight excluding hydrogens is 478 g/mol. The first-order valence-corrected chi connectivity index (χ1v) is 11.8. The Kier molecular flexibility index (Phi) is 6.13. The Morgan fingerprint density at radius 3 is 2.32 bits per heavy atom. The quantitative estimate of drug-likeness (QED) is 0.541. The molecule has 2 atom stereocenters. The van der Waals surface area contributed by atoms with Crippen molar-refractivity contribution in [3.05, 3.63) is 89.1 Å². The molecule has 2 aliphatic heterocycles. The van der Waals surface area contributed by atoms with Gasteiger partial charge in [0.2, 0.25) is 0 Å². The Bertz CT molecular complexity index is 1430. The van der Waals surface area contributed by atoms with Gasteiger partial charge in [-0.2, -0.15) is 0 Å². The predicted molar refractivity (Wildman–Crippen MR) is 134 cm³/mol. The minimum absolute atomic E-state index is 0.0841. The third-order valence-corrected chi connectivity index (χ3v) is 6.70. The predicted octanol–water partition coefficient (Wildman–Crippen LogP) is 3.82. The molecule has 0 saturated carbocycles. The van der Waals surface area contributed by atoms with Gasteiger partial charge in [0.05, 0.1) is 0 Å². The van der Waals surface area contributed by atoms with Gasteiger partial charge >= 0.3 is 6.03 Å². The van der Waals surface area contributed by atoms with Crippen molar-refractivity contribution in [1.82, 2.24) is 9.88 Å². The molecule has 1 aromatic heterocycles. The van der Waals surface area contributed by atoms with Crippen LogP contribution in [0.3, 0.4) is 0 Å². The number of halogens is 2. The van der Waals surface area contributed by atoms with Crippen molar-refractivity contribution < 1.29 is 23.5 Å². The van der Waals surface area contributed by atoms with E-state index in [1.807, 2.05) is 6.07 Å². The first-order chi connectivity index (χ1) is 17.7. The van der Waals surface area contributed by atoms with Gasteiger partial charge in [-0.05, 0) is 50.2 Å². The molecule has 2 unspecified atom stereocenters. The van der Waals surface area contributed by atoms with E-state index in [1.165, 1.54) is 9.80 Å². The number of piperazine rings is 1. The summed E-state index contributed by atoms with van der Waals surface area (Å²) in [6.07, 6.45) is -1.87. The highest BCUT2D eigenvalue weighted by Crippen LogP contribution is 2.39. The van der Waals surface area contributed by atoms with Crippen molar-refractivity contribution >= 4 is 23.4 Å². The smallest absolute Gasteiger partial charge is 0.327 e. The summed E-state index contributed by atoms with van der Waals surface area (Å²) in [7, 11) is 0. The minimum atomic E-state index is -1.63. The summed E-state index contributed by atoms with van der Waals surface area (Å²) in [5.41, 5.74) is -0.601. The third kappa shape index (κ3) is 4.30. The molecule has 2 aliphatic rings. The van der Waals surface area contributed by atoms with E-state index in [1.54, 1.807) is 56.3 Å². The standard InChI is InChI=1S/C28H24F2N4O3/c1-18-7-6-10-23(31-18)32-13-14-33-27(37)34(24(35)17-28(33,2)26(32)36)25-21(29)15-20(16-22(25)30)12-11-19-8-4-3-5-9-19/h3-10,15-16,24,35H,13-14,17H2,1-2H3. The summed E-state index contributed by atoms with van der Waals surface area (Å²) in [6.45, 7) is 3.60. The molecule has 188 valence electrons. The fourth-order valence-corrected chi connectivity index (χ4v) is 4.84. The van der Waals surface area contributed by atoms with E-state index in [0.29, 0.717) is 16.3 Å². The topological polar surface area (TPSA) is 77.0 Å². The molecule has 9 heteroatoms. The first-order valence-electron chi connectivity index (χ1n) is 11.8. The fraction of sp³-hybridized carbons (Fsp3) is 0.250. The maximum atomic E-state index is 15.2. The van der Waals surface area contributed by atoms with Crippen LogP contribution >= 0.6 is 0 Å². The number of benzene rings is 2. The van der Waals surface area contributed by atoms with E-state index in [-0.39, 0.29) is 25.1 Å². The normalized spacial score (nSPS) is 21.4. The van der Waals surface area contributed by atoms with Crippen LogP contribution in [0.15, 0.2) is 60.7 Å². The van der Waals surface area contributed by atoms with Gasteiger partial charge in [0.15, 0.2) is 11.6 Å². The van der Waals surface area contributed by atoms with Crippen LogP contribution < -0.4 is 9.80 Å². The molecule has 7 nitrogen and oxygen atoms in total. The highest BCUT2D eigenvalue weighted by molar-refractivity contribution is 6.06. The maximum absolute atomic E-state index is 15.2. The second-order valence-electron chi connectivity index (χ2n) is 9.26. The summed E-state index contributed by atoms with van der Waals surface area (Å²) < 4.78 is 30.3. The lowest BCUT2D eigenvalue weighted by Gasteiger charge is -2.53. The molecule has 37 heavy (non-hydrogen) atoms. The molecular formula is C28H24F2N4O3. The lowest BCUT2D eigenvalue weighted by molar-refractivity contribution is -0.134. The Hall–Kier alpha value is -4.29. The number of hydrogen-bond donors (Lipinski definition) is 1. The summed E-state index contributed by atoms with van der Waals surface area (Å²) in [5, 5.41) is 10.9. The number of pyridine rings is 1. The largest absolute Gasteiger partial charge is 0.373 e. The summed E-state index contributed by atoms with van der Waals surface area (Å²) >= 11 is 0. The van der Waals surface area contributed by atoms with Crippen molar-refractivity contribution in [2.24, 2.45) is 0 Å². The van der Waals surface area contributed by atoms with E-state index >= 15 is 8.78 Å². The molecule has 2 aromatic carbocycles. The highest BCUT2D eigenvalue weighted by Gasteiger charge is 2.56. The second-order valence-corrected chi connectivity index (χ2v) is 9.26. The van der Waals surface area contributed by atoms with Crippen LogP contribution in [0.4, 0.5) is 25.1 Å². The fourth-order valence-electron chi connectivity index (χ4n) is 4.84. The lowest BCUT2D eigenvalue weighted by Crippen LogP contribution is -2.73. The maximum Gasteiger partial charge on any atom is 0.327 e. The number of amides is 3. The van der Waals surface area contributed by atoms with Crippen LogP contribution in [0.1, 0.15) is 30.2 Å². The van der Waals surface area contributed by atoms with Gasteiger partial charge in [-0.3, -0.25) is 14.6 Å². The van der Waals surface area contributed by atoms with Crippen LogP contribution in [0.25, 0.3) is 0 Å². The molecule has 0 aliphatic carbocycles. The van der Waals surface area contributed by atoms with Crippen LogP contribution in [0.5, 0.6) is 0 Å². The van der Waals surface area contributed by atoms with E-state index in [2.05, 4.69) is 16.8 Å². The number of aliphatic hydroxyl groups excluding tert-OH is 1. The number of fused-ring (bicyclic) bond motifs is 1. The minimum Gasteiger partial charge on any atom is -0.373 e. The molecule has 2 fully saturated rings. The number of urea groups is 1. The van der Waals surface area contributed by atoms with Crippen molar-refractivity contribution in [2.75, 3.05) is 22.9 Å². The molecule has 2 saturated heterocycles. The molecule has 0 spiro atoms. The monoisotopic (exact) mass is 502 g/mol. The molecule has 5 rings (SSSR count). The molecule has 3 heterocycles. The van der Waals surface area contributed by atoms with Crippen LogP contribution in [-0.4, -0.2) is 51.8 Å². The average molecular weight is 503 g/mol. The van der Waals surface area contributed by atoms with Crippen LogP contribution in [-0.2, 0) is 4.79 Å². The average Bonchev–Trinajstić information content (AvgIpc) is 2.86. The number of carbonyl (C=O) groups excluding carboxylic acids is 2.